The number of carbonyl (C=O) groups excluding carboxylic acids is 1. The normalized spacial score (nSPS) is 11.0. The van der Waals surface area contributed by atoms with Gasteiger partial charge in [0.1, 0.15) is 17.5 Å². The van der Waals surface area contributed by atoms with Crippen LogP contribution in [0.3, 0.4) is 0 Å². The zero-order valence-corrected chi connectivity index (χ0v) is 13.5. The van der Waals surface area contributed by atoms with E-state index in [9.17, 15) is 14.9 Å². The number of ether oxygens (including phenoxy) is 1. The lowest BCUT2D eigenvalue weighted by Gasteiger charge is -2.08. The molecule has 0 saturated carbocycles. The van der Waals surface area contributed by atoms with Crippen molar-refractivity contribution in [1.29, 1.82) is 0 Å². The lowest BCUT2D eigenvalue weighted by molar-refractivity contribution is -0.389. The number of H-pyrrole nitrogens is 1. The maximum Gasteiger partial charge on any atom is 0.363 e. The predicted octanol–water partition coefficient (Wildman–Crippen LogP) is 3.01. The number of aromatic amines is 1. The Hall–Kier alpha value is -3.88. The molecule has 0 aliphatic heterocycles. The van der Waals surface area contributed by atoms with Crippen molar-refractivity contribution in [3.05, 3.63) is 53.0 Å². The molecule has 0 aliphatic rings. The highest BCUT2D eigenvalue weighted by Gasteiger charge is 2.18. The summed E-state index contributed by atoms with van der Waals surface area (Å²) in [7, 11) is 0. The number of rotatable bonds is 3. The Kier molecular flexibility index (Phi) is 3.54. The van der Waals surface area contributed by atoms with E-state index in [0.29, 0.717) is 16.9 Å². The Morgan fingerprint density at radius 3 is 2.77 bits per heavy atom. The van der Waals surface area contributed by atoms with E-state index in [1.807, 2.05) is 6.07 Å². The number of hydrogen-bond acceptors (Lipinski definition) is 7. The van der Waals surface area contributed by atoms with Crippen LogP contribution in [-0.2, 0) is 4.79 Å². The summed E-state index contributed by atoms with van der Waals surface area (Å²) in [4.78, 5) is 37.3. The highest BCUT2D eigenvalue weighted by Crippen LogP contribution is 2.34. The second kappa shape index (κ2) is 5.88. The van der Waals surface area contributed by atoms with E-state index in [2.05, 4.69) is 19.9 Å². The molecule has 0 bridgehead atoms. The van der Waals surface area contributed by atoms with Crippen LogP contribution >= 0.6 is 0 Å². The van der Waals surface area contributed by atoms with Crippen LogP contribution in [0.25, 0.3) is 33.2 Å². The third-order valence-corrected chi connectivity index (χ3v) is 3.81. The van der Waals surface area contributed by atoms with E-state index in [1.54, 1.807) is 18.5 Å². The van der Waals surface area contributed by atoms with Crippen LogP contribution in [-0.4, -0.2) is 30.8 Å². The molecular formula is C17H11N5O4. The zero-order valence-electron chi connectivity index (χ0n) is 13.5. The molecule has 0 atom stereocenters. The average Bonchev–Trinajstić information content (AvgIpc) is 2.98. The van der Waals surface area contributed by atoms with Crippen LogP contribution < -0.4 is 4.74 Å². The van der Waals surface area contributed by atoms with Crippen LogP contribution in [0.4, 0.5) is 5.82 Å². The summed E-state index contributed by atoms with van der Waals surface area (Å²) in [6, 6.07) is 6.29. The van der Waals surface area contributed by atoms with Crippen molar-refractivity contribution in [3.8, 4) is 17.0 Å². The molecule has 0 fully saturated rings. The van der Waals surface area contributed by atoms with E-state index < -0.39 is 10.9 Å². The van der Waals surface area contributed by atoms with Gasteiger partial charge in [-0.05, 0) is 28.1 Å². The summed E-state index contributed by atoms with van der Waals surface area (Å²) in [5, 5.41) is 12.4. The van der Waals surface area contributed by atoms with Gasteiger partial charge in [-0.1, -0.05) is 0 Å². The molecule has 9 heteroatoms. The van der Waals surface area contributed by atoms with Crippen LogP contribution in [0, 0.1) is 10.1 Å². The SMILES string of the molecule is CC(=O)Oc1cc2c(nc1-c1ccc([N+](=O)[O-])nc1)[nH]c1ccncc12. The van der Waals surface area contributed by atoms with Crippen molar-refractivity contribution in [1.82, 2.24) is 19.9 Å². The first kappa shape index (κ1) is 15.6. The highest BCUT2D eigenvalue weighted by atomic mass is 16.6. The van der Waals surface area contributed by atoms with Crippen molar-refractivity contribution < 1.29 is 14.5 Å². The van der Waals surface area contributed by atoms with E-state index >= 15 is 0 Å². The van der Waals surface area contributed by atoms with Gasteiger partial charge in [-0.2, -0.15) is 0 Å². The monoisotopic (exact) mass is 349 g/mol. The molecular weight excluding hydrogens is 338 g/mol. The summed E-state index contributed by atoms with van der Waals surface area (Å²) in [5.41, 5.74) is 2.27. The molecule has 128 valence electrons. The van der Waals surface area contributed by atoms with Gasteiger partial charge in [-0.25, -0.2) is 4.98 Å². The minimum atomic E-state index is -0.585. The van der Waals surface area contributed by atoms with Gasteiger partial charge in [0.15, 0.2) is 5.75 Å². The summed E-state index contributed by atoms with van der Waals surface area (Å²) < 4.78 is 5.31. The van der Waals surface area contributed by atoms with Crippen molar-refractivity contribution in [2.45, 2.75) is 6.92 Å². The van der Waals surface area contributed by atoms with Gasteiger partial charge in [0.25, 0.3) is 0 Å². The number of nitrogens with zero attached hydrogens (tertiary/aromatic N) is 4. The second-order valence-corrected chi connectivity index (χ2v) is 5.53. The lowest BCUT2D eigenvalue weighted by Crippen LogP contribution is -2.04. The summed E-state index contributed by atoms with van der Waals surface area (Å²) in [6.07, 6.45) is 4.68. The summed E-state index contributed by atoms with van der Waals surface area (Å²) >= 11 is 0. The number of fused-ring (bicyclic) bond motifs is 3. The van der Waals surface area contributed by atoms with Crippen molar-refractivity contribution in [2.75, 3.05) is 0 Å². The van der Waals surface area contributed by atoms with Gasteiger partial charge in [0, 0.05) is 41.7 Å². The Bertz CT molecular complexity index is 1170. The molecule has 0 aliphatic carbocycles. The standard InChI is InChI=1S/C17H11N5O4/c1-9(23)26-14-6-11-12-8-18-5-4-13(12)20-17(11)21-16(14)10-2-3-15(19-7-10)22(24)25/h2-8H,1H3,(H,20,21). The van der Waals surface area contributed by atoms with E-state index in [-0.39, 0.29) is 11.6 Å². The molecule has 4 aromatic heterocycles. The molecule has 26 heavy (non-hydrogen) atoms. The Labute approximate surface area is 145 Å². The van der Waals surface area contributed by atoms with Gasteiger partial charge >= 0.3 is 11.8 Å². The predicted molar refractivity (Wildman–Crippen MR) is 92.6 cm³/mol. The first-order valence-corrected chi connectivity index (χ1v) is 7.58. The highest BCUT2D eigenvalue weighted by molar-refractivity contribution is 6.06. The molecule has 0 unspecified atom stereocenters. The quantitative estimate of drug-likeness (QED) is 0.342. The van der Waals surface area contributed by atoms with Crippen molar-refractivity contribution >= 4 is 33.7 Å². The molecule has 0 radical (unpaired) electrons. The smallest absolute Gasteiger partial charge is 0.363 e. The van der Waals surface area contributed by atoms with Crippen molar-refractivity contribution in [2.24, 2.45) is 0 Å². The number of aromatic nitrogens is 4. The fourth-order valence-electron chi connectivity index (χ4n) is 2.71. The maximum absolute atomic E-state index is 11.5. The van der Waals surface area contributed by atoms with Crippen molar-refractivity contribution in [3.63, 3.8) is 0 Å². The molecule has 4 heterocycles. The largest absolute Gasteiger partial charge is 0.424 e. The number of pyridine rings is 3. The molecule has 4 aromatic rings. The Morgan fingerprint density at radius 2 is 2.08 bits per heavy atom. The van der Waals surface area contributed by atoms with Crippen LogP contribution in [0.1, 0.15) is 6.92 Å². The molecule has 0 spiro atoms. The van der Waals surface area contributed by atoms with Gasteiger partial charge in [0.2, 0.25) is 0 Å². The summed E-state index contributed by atoms with van der Waals surface area (Å²) in [5.74, 6) is -0.536. The third kappa shape index (κ3) is 2.61. The molecule has 9 nitrogen and oxygen atoms in total. The average molecular weight is 349 g/mol. The fourth-order valence-corrected chi connectivity index (χ4v) is 2.71. The number of carbonyl (C=O) groups is 1. The fraction of sp³-hybridized carbons (Fsp3) is 0.0588. The minimum absolute atomic E-state index is 0.241. The summed E-state index contributed by atoms with van der Waals surface area (Å²) in [6.45, 7) is 1.29. The van der Waals surface area contributed by atoms with E-state index in [1.165, 1.54) is 25.3 Å². The number of esters is 1. The van der Waals surface area contributed by atoms with Gasteiger partial charge in [-0.15, -0.1) is 0 Å². The molecule has 0 amide bonds. The Balaban J connectivity index is 1.95. The van der Waals surface area contributed by atoms with Gasteiger partial charge in [0.05, 0.1) is 5.52 Å². The van der Waals surface area contributed by atoms with Gasteiger partial charge < -0.3 is 19.8 Å². The number of hydrogen-bond donors (Lipinski definition) is 1. The molecule has 0 aromatic carbocycles. The molecule has 4 rings (SSSR count). The first-order valence-electron chi connectivity index (χ1n) is 7.58. The van der Waals surface area contributed by atoms with E-state index in [0.717, 1.165) is 16.3 Å². The molecule has 0 saturated heterocycles. The Morgan fingerprint density at radius 1 is 1.23 bits per heavy atom. The second-order valence-electron chi connectivity index (χ2n) is 5.53. The van der Waals surface area contributed by atoms with Crippen LogP contribution in [0.5, 0.6) is 5.75 Å². The number of nitro groups is 1. The van der Waals surface area contributed by atoms with E-state index in [4.69, 9.17) is 4.74 Å². The maximum atomic E-state index is 11.5. The number of nitrogens with one attached hydrogen (secondary N) is 1. The van der Waals surface area contributed by atoms with Gasteiger partial charge in [-0.3, -0.25) is 9.78 Å². The first-order chi connectivity index (χ1) is 12.5. The topological polar surface area (TPSA) is 124 Å². The van der Waals surface area contributed by atoms with Crippen LogP contribution in [0.15, 0.2) is 42.9 Å². The minimum Gasteiger partial charge on any atom is -0.424 e. The zero-order chi connectivity index (χ0) is 18.3. The third-order valence-electron chi connectivity index (χ3n) is 3.81. The van der Waals surface area contributed by atoms with Crippen LogP contribution in [0.2, 0.25) is 0 Å². The lowest BCUT2D eigenvalue weighted by atomic mass is 10.1. The molecule has 1 N–H and O–H groups in total.